The van der Waals surface area contributed by atoms with E-state index < -0.39 is 0 Å². The second kappa shape index (κ2) is 6.62. The summed E-state index contributed by atoms with van der Waals surface area (Å²) < 4.78 is 0. The van der Waals surface area contributed by atoms with Crippen LogP contribution in [-0.2, 0) is 0 Å². The molecular formula is C24H44. The summed E-state index contributed by atoms with van der Waals surface area (Å²) in [7, 11) is 0. The highest BCUT2D eigenvalue weighted by Gasteiger charge is 2.60. The number of hydrogen-bond acceptors (Lipinski definition) is 0. The minimum absolute atomic E-state index is 0.567. The van der Waals surface area contributed by atoms with Gasteiger partial charge in [-0.1, -0.05) is 74.1 Å². The summed E-state index contributed by atoms with van der Waals surface area (Å²) in [5.41, 5.74) is 1.23. The Labute approximate surface area is 152 Å². The summed E-state index contributed by atoms with van der Waals surface area (Å²) >= 11 is 0. The van der Waals surface area contributed by atoms with E-state index in [1.807, 2.05) is 0 Å². The first kappa shape index (κ1) is 18.8. The van der Waals surface area contributed by atoms with Gasteiger partial charge in [-0.2, -0.15) is 0 Å². The van der Waals surface area contributed by atoms with Crippen molar-refractivity contribution in [2.24, 2.45) is 52.3 Å². The molecule has 0 aromatic heterocycles. The van der Waals surface area contributed by atoms with Crippen LogP contribution < -0.4 is 0 Å². The highest BCUT2D eigenvalue weighted by Crippen LogP contribution is 2.69. The molecule has 0 nitrogen and oxygen atoms in total. The summed E-state index contributed by atoms with van der Waals surface area (Å²) in [5, 5.41) is 0. The minimum atomic E-state index is 0.567. The Bertz CT molecular complexity index is 429. The quantitative estimate of drug-likeness (QED) is 0.498. The zero-order chi connectivity index (χ0) is 17.7. The van der Waals surface area contributed by atoms with Gasteiger partial charge in [0, 0.05) is 0 Å². The Balaban J connectivity index is 1.89. The maximum atomic E-state index is 2.66. The molecule has 0 heterocycles. The van der Waals surface area contributed by atoms with Gasteiger partial charge in [-0.05, 0) is 77.9 Å². The van der Waals surface area contributed by atoms with Crippen molar-refractivity contribution < 1.29 is 0 Å². The van der Waals surface area contributed by atoms with Gasteiger partial charge in [0.1, 0.15) is 0 Å². The molecule has 3 aliphatic rings. The van der Waals surface area contributed by atoms with Gasteiger partial charge in [0.15, 0.2) is 0 Å². The van der Waals surface area contributed by atoms with Gasteiger partial charge < -0.3 is 0 Å². The third-order valence-corrected chi connectivity index (χ3v) is 8.93. The third-order valence-electron chi connectivity index (χ3n) is 8.93. The van der Waals surface area contributed by atoms with Crippen molar-refractivity contribution in [2.75, 3.05) is 0 Å². The molecule has 24 heavy (non-hydrogen) atoms. The molecule has 0 saturated heterocycles. The van der Waals surface area contributed by atoms with E-state index in [1.165, 1.54) is 51.4 Å². The Kier molecular flexibility index (Phi) is 5.18. The van der Waals surface area contributed by atoms with E-state index >= 15 is 0 Å². The average molecular weight is 333 g/mol. The molecule has 3 rings (SSSR count). The van der Waals surface area contributed by atoms with Gasteiger partial charge in [-0.25, -0.2) is 0 Å². The molecule has 6 unspecified atom stereocenters. The predicted octanol–water partition coefficient (Wildman–Crippen LogP) is 7.57. The minimum Gasteiger partial charge on any atom is -0.0651 e. The highest BCUT2D eigenvalue weighted by atomic mass is 14.7. The molecular weight excluding hydrogens is 288 g/mol. The van der Waals surface area contributed by atoms with E-state index in [4.69, 9.17) is 0 Å². The van der Waals surface area contributed by atoms with E-state index in [0.717, 1.165) is 41.4 Å². The number of hydrogen-bond donors (Lipinski definition) is 0. The maximum absolute atomic E-state index is 2.66. The molecule has 3 fully saturated rings. The van der Waals surface area contributed by atoms with Gasteiger partial charge >= 0.3 is 0 Å². The monoisotopic (exact) mass is 332 g/mol. The Hall–Kier alpha value is 0. The first-order valence-corrected chi connectivity index (χ1v) is 11.2. The standard InChI is InChI=1S/C24H44/c1-8-20(16(2)3)19-12-17(4)14-24(7)15-22(24)23(5,6)21(13-19)18-10-9-11-18/h16-22H,8-15H2,1-7H3. The second-order valence-corrected chi connectivity index (χ2v) is 11.4. The number of fused-ring (bicyclic) bond motifs is 1. The molecule has 0 aromatic carbocycles. The fourth-order valence-electron chi connectivity index (χ4n) is 7.52. The average Bonchev–Trinajstić information content (AvgIpc) is 3.07. The van der Waals surface area contributed by atoms with Crippen molar-refractivity contribution in [3.63, 3.8) is 0 Å². The third kappa shape index (κ3) is 3.33. The lowest BCUT2D eigenvalue weighted by Gasteiger charge is -2.47. The van der Waals surface area contributed by atoms with E-state index in [1.54, 1.807) is 0 Å². The second-order valence-electron chi connectivity index (χ2n) is 11.4. The van der Waals surface area contributed by atoms with Crippen LogP contribution in [0.15, 0.2) is 0 Å². The van der Waals surface area contributed by atoms with Crippen molar-refractivity contribution in [1.82, 2.24) is 0 Å². The van der Waals surface area contributed by atoms with Crippen LogP contribution >= 0.6 is 0 Å². The molecule has 140 valence electrons. The molecule has 3 aliphatic carbocycles. The van der Waals surface area contributed by atoms with Gasteiger partial charge in [0.25, 0.3) is 0 Å². The molecule has 0 heteroatoms. The van der Waals surface area contributed by atoms with Crippen molar-refractivity contribution in [1.29, 1.82) is 0 Å². The predicted molar refractivity (Wildman–Crippen MR) is 106 cm³/mol. The molecule has 0 amide bonds. The SMILES string of the molecule is CCC(C(C)C)C1CC(C)CC2(C)CC2C(C)(C)C(C2CCC2)C1. The van der Waals surface area contributed by atoms with E-state index in [9.17, 15) is 0 Å². The van der Waals surface area contributed by atoms with Crippen molar-refractivity contribution >= 4 is 0 Å². The lowest BCUT2D eigenvalue weighted by molar-refractivity contribution is 0.0245. The van der Waals surface area contributed by atoms with Crippen LogP contribution in [0.3, 0.4) is 0 Å². The van der Waals surface area contributed by atoms with Crippen LogP contribution in [0, 0.1) is 52.3 Å². The summed E-state index contributed by atoms with van der Waals surface area (Å²) in [5.74, 6) is 6.71. The zero-order valence-corrected chi connectivity index (χ0v) is 17.7. The van der Waals surface area contributed by atoms with E-state index in [0.29, 0.717) is 10.8 Å². The highest BCUT2D eigenvalue weighted by molar-refractivity contribution is 5.10. The number of rotatable bonds is 4. The van der Waals surface area contributed by atoms with Crippen LogP contribution in [-0.4, -0.2) is 0 Å². The fourth-order valence-corrected chi connectivity index (χ4v) is 7.52. The normalized spacial score (nSPS) is 44.0. The van der Waals surface area contributed by atoms with Gasteiger partial charge in [0.05, 0.1) is 0 Å². The smallest absolute Gasteiger partial charge is 0.0287 e. The van der Waals surface area contributed by atoms with Gasteiger partial charge in [-0.15, -0.1) is 0 Å². The van der Waals surface area contributed by atoms with Crippen LogP contribution in [0.5, 0.6) is 0 Å². The maximum Gasteiger partial charge on any atom is -0.0287 e. The summed E-state index contributed by atoms with van der Waals surface area (Å²) in [6.45, 7) is 17.9. The first-order chi connectivity index (χ1) is 11.2. The topological polar surface area (TPSA) is 0 Å². The summed E-state index contributed by atoms with van der Waals surface area (Å²) in [6.07, 6.45) is 12.0. The Morgan fingerprint density at radius 1 is 1.00 bits per heavy atom. The van der Waals surface area contributed by atoms with E-state index in [2.05, 4.69) is 48.5 Å². The summed E-state index contributed by atoms with van der Waals surface area (Å²) in [4.78, 5) is 0. The molecule has 0 radical (unpaired) electrons. The van der Waals surface area contributed by atoms with Crippen LogP contribution in [0.1, 0.15) is 99.8 Å². The molecule has 0 aliphatic heterocycles. The largest absolute Gasteiger partial charge is 0.0651 e. The zero-order valence-electron chi connectivity index (χ0n) is 17.7. The van der Waals surface area contributed by atoms with Gasteiger partial charge in [-0.3, -0.25) is 0 Å². The Morgan fingerprint density at radius 2 is 1.67 bits per heavy atom. The van der Waals surface area contributed by atoms with Crippen LogP contribution in [0.2, 0.25) is 0 Å². The lowest BCUT2D eigenvalue weighted by atomic mass is 9.58. The molecule has 3 saturated carbocycles. The van der Waals surface area contributed by atoms with Gasteiger partial charge in [0.2, 0.25) is 0 Å². The van der Waals surface area contributed by atoms with Crippen LogP contribution in [0.4, 0.5) is 0 Å². The Morgan fingerprint density at radius 3 is 2.17 bits per heavy atom. The molecule has 0 aromatic rings. The molecule has 0 N–H and O–H groups in total. The molecule has 6 atom stereocenters. The van der Waals surface area contributed by atoms with Crippen LogP contribution in [0.25, 0.3) is 0 Å². The fraction of sp³-hybridized carbons (Fsp3) is 1.00. The first-order valence-electron chi connectivity index (χ1n) is 11.2. The lowest BCUT2D eigenvalue weighted by Crippen LogP contribution is -2.39. The molecule has 0 spiro atoms. The van der Waals surface area contributed by atoms with Crippen molar-refractivity contribution in [3.05, 3.63) is 0 Å². The summed E-state index contributed by atoms with van der Waals surface area (Å²) in [6, 6.07) is 0. The molecule has 0 bridgehead atoms. The van der Waals surface area contributed by atoms with Crippen molar-refractivity contribution in [3.8, 4) is 0 Å². The van der Waals surface area contributed by atoms with E-state index in [-0.39, 0.29) is 0 Å². The van der Waals surface area contributed by atoms with Crippen molar-refractivity contribution in [2.45, 2.75) is 99.8 Å².